The summed E-state index contributed by atoms with van der Waals surface area (Å²) in [4.78, 5) is 31.6. The van der Waals surface area contributed by atoms with Crippen molar-refractivity contribution in [3.63, 3.8) is 0 Å². The molecule has 4 aromatic rings. The molecule has 0 saturated heterocycles. The summed E-state index contributed by atoms with van der Waals surface area (Å²) < 4.78 is 0. The van der Waals surface area contributed by atoms with Crippen LogP contribution in [0, 0.1) is 11.3 Å². The Balaban J connectivity index is 1.08. The van der Waals surface area contributed by atoms with E-state index in [-0.39, 0.29) is 23.7 Å². The number of fused-ring (bicyclic) bond motifs is 1. The van der Waals surface area contributed by atoms with Crippen molar-refractivity contribution >= 4 is 28.3 Å². The molecule has 8 rings (SSSR count). The lowest BCUT2D eigenvalue weighted by molar-refractivity contribution is -0.126. The first-order valence-corrected chi connectivity index (χ1v) is 15.7. The van der Waals surface area contributed by atoms with Crippen LogP contribution in [0.15, 0.2) is 78.2 Å². The van der Waals surface area contributed by atoms with Gasteiger partial charge in [-0.3, -0.25) is 9.59 Å². The van der Waals surface area contributed by atoms with Gasteiger partial charge in [0, 0.05) is 34.9 Å². The van der Waals surface area contributed by atoms with Gasteiger partial charge in [-0.1, -0.05) is 79.9 Å². The smallest absolute Gasteiger partial charge is 0.251 e. The Morgan fingerprint density at radius 3 is 2.29 bits per heavy atom. The number of carbonyl (C=O) groups excluding carboxylic acids is 2. The first-order valence-electron chi connectivity index (χ1n) is 14.8. The monoisotopic (exact) mass is 561 g/mol. The number of hydrogen-bond donors (Lipinski definition) is 2. The molecule has 4 aliphatic carbocycles. The molecule has 0 radical (unpaired) electrons. The molecule has 1 heterocycles. The van der Waals surface area contributed by atoms with Crippen molar-refractivity contribution in [2.75, 3.05) is 11.9 Å². The van der Waals surface area contributed by atoms with E-state index in [1.165, 1.54) is 65.7 Å². The molecular formula is C35H35N3O2S. The maximum absolute atomic E-state index is 14.0. The summed E-state index contributed by atoms with van der Waals surface area (Å²) >= 11 is 1.43. The van der Waals surface area contributed by atoms with E-state index in [2.05, 4.69) is 66.1 Å². The van der Waals surface area contributed by atoms with Gasteiger partial charge in [-0.15, -0.1) is 11.3 Å². The first-order chi connectivity index (χ1) is 20.0. The Morgan fingerprint density at radius 1 is 0.902 bits per heavy atom. The normalized spacial score (nSPS) is 23.0. The van der Waals surface area contributed by atoms with E-state index in [1.807, 2.05) is 29.6 Å². The zero-order valence-corrected chi connectivity index (χ0v) is 24.2. The summed E-state index contributed by atoms with van der Waals surface area (Å²) in [7, 11) is 0. The van der Waals surface area contributed by atoms with E-state index in [4.69, 9.17) is 4.98 Å². The Labute approximate surface area is 245 Å². The molecule has 3 aromatic carbocycles. The molecule has 0 spiro atoms. The van der Waals surface area contributed by atoms with Crippen molar-refractivity contribution in [3.05, 3.63) is 106 Å². The van der Waals surface area contributed by atoms with Crippen LogP contribution in [0.2, 0.25) is 0 Å². The predicted molar refractivity (Wildman–Crippen MR) is 164 cm³/mol. The van der Waals surface area contributed by atoms with Crippen molar-refractivity contribution in [2.24, 2.45) is 11.3 Å². The quantitative estimate of drug-likeness (QED) is 0.253. The molecule has 2 N–H and O–H groups in total. The lowest BCUT2D eigenvalue weighted by Crippen LogP contribution is -2.47. The molecule has 1 saturated carbocycles. The molecule has 1 unspecified atom stereocenters. The highest BCUT2D eigenvalue weighted by Gasteiger charge is 2.54. The summed E-state index contributed by atoms with van der Waals surface area (Å²) in [5.74, 6) is 0.768. The second kappa shape index (κ2) is 10.6. The van der Waals surface area contributed by atoms with E-state index in [9.17, 15) is 9.59 Å². The standard InChI is InChI=1S/C35H35N3O2S/c1-35(19-29-25-14-5-7-16-27(25)31(35)28-17-8-6-15-26(28)29)33(40)38-34-37-30(21-41-34)23-12-9-13-24(18-23)32(39)36-20-22-10-3-2-4-11-22/h5-9,12-18,21-22,29,31H,2-4,10-11,19-20H2,1H3,(H,36,39)(H,37,38,40). The largest absolute Gasteiger partial charge is 0.352 e. The van der Waals surface area contributed by atoms with Crippen molar-refractivity contribution in [3.8, 4) is 11.3 Å². The van der Waals surface area contributed by atoms with Gasteiger partial charge in [0.2, 0.25) is 5.91 Å². The third-order valence-corrected chi connectivity index (χ3v) is 10.3. The highest BCUT2D eigenvalue weighted by atomic mass is 32.1. The number of benzene rings is 3. The number of rotatable bonds is 6. The first kappa shape index (κ1) is 26.1. The molecule has 208 valence electrons. The third-order valence-electron chi connectivity index (χ3n) is 9.57. The number of carbonyl (C=O) groups is 2. The van der Waals surface area contributed by atoms with Crippen molar-refractivity contribution in [1.29, 1.82) is 0 Å². The van der Waals surface area contributed by atoms with E-state index in [0.29, 0.717) is 16.6 Å². The van der Waals surface area contributed by atoms with Gasteiger partial charge in [-0.05, 0) is 66.5 Å². The van der Waals surface area contributed by atoms with Gasteiger partial charge in [0.15, 0.2) is 5.13 Å². The van der Waals surface area contributed by atoms with E-state index < -0.39 is 5.41 Å². The Hall–Kier alpha value is -3.77. The molecule has 0 aliphatic heterocycles. The molecule has 6 heteroatoms. The summed E-state index contributed by atoms with van der Waals surface area (Å²) in [6.45, 7) is 2.85. The van der Waals surface area contributed by atoms with E-state index >= 15 is 0 Å². The second-order valence-electron chi connectivity index (χ2n) is 12.2. The summed E-state index contributed by atoms with van der Waals surface area (Å²) in [5, 5.41) is 8.84. The second-order valence-corrected chi connectivity index (χ2v) is 13.0. The van der Waals surface area contributed by atoms with Gasteiger partial charge in [0.05, 0.1) is 11.1 Å². The fourth-order valence-corrected chi connectivity index (χ4v) is 8.16. The van der Waals surface area contributed by atoms with Gasteiger partial charge < -0.3 is 10.6 Å². The van der Waals surface area contributed by atoms with Crippen LogP contribution in [0.4, 0.5) is 5.13 Å². The minimum atomic E-state index is -0.588. The van der Waals surface area contributed by atoms with Crippen LogP contribution >= 0.6 is 11.3 Å². The topological polar surface area (TPSA) is 71.1 Å². The van der Waals surface area contributed by atoms with Crippen LogP contribution in [0.3, 0.4) is 0 Å². The summed E-state index contributed by atoms with van der Waals surface area (Å²) in [5.41, 5.74) is 6.91. The van der Waals surface area contributed by atoms with Gasteiger partial charge in [0.25, 0.3) is 5.91 Å². The maximum Gasteiger partial charge on any atom is 0.251 e. The van der Waals surface area contributed by atoms with Crippen LogP contribution in [0.1, 0.15) is 89.9 Å². The molecule has 4 aliphatic rings. The molecule has 41 heavy (non-hydrogen) atoms. The molecule has 5 nitrogen and oxygen atoms in total. The fraction of sp³-hybridized carbons (Fsp3) is 0.343. The minimum Gasteiger partial charge on any atom is -0.352 e. The number of hydrogen-bond acceptors (Lipinski definition) is 4. The molecule has 1 fully saturated rings. The van der Waals surface area contributed by atoms with E-state index in [0.717, 1.165) is 24.2 Å². The van der Waals surface area contributed by atoms with E-state index in [1.54, 1.807) is 0 Å². The fourth-order valence-electron chi connectivity index (χ4n) is 7.44. The number of aromatic nitrogens is 1. The highest BCUT2D eigenvalue weighted by Crippen LogP contribution is 2.61. The molecule has 2 bridgehead atoms. The maximum atomic E-state index is 14.0. The molecule has 1 atom stereocenters. The zero-order chi connectivity index (χ0) is 28.0. The third kappa shape index (κ3) is 4.68. The average molecular weight is 562 g/mol. The number of thiazole rings is 1. The predicted octanol–water partition coefficient (Wildman–Crippen LogP) is 7.75. The van der Waals surface area contributed by atoms with Crippen LogP contribution < -0.4 is 10.6 Å². The number of nitrogens with zero attached hydrogens (tertiary/aromatic N) is 1. The van der Waals surface area contributed by atoms with Crippen LogP contribution in [-0.2, 0) is 4.79 Å². The van der Waals surface area contributed by atoms with Crippen LogP contribution in [0.5, 0.6) is 0 Å². The SMILES string of the molecule is CC1(C(=O)Nc2nc(-c3cccc(C(=O)NCC4CCCCC4)c3)cs2)CC2c3ccccc3C1c1ccccc12. The Morgan fingerprint density at radius 2 is 1.59 bits per heavy atom. The Bertz CT molecular complexity index is 1570. The van der Waals surface area contributed by atoms with Gasteiger partial charge in [-0.2, -0.15) is 0 Å². The summed E-state index contributed by atoms with van der Waals surface area (Å²) in [6.07, 6.45) is 7.01. The van der Waals surface area contributed by atoms with Gasteiger partial charge in [0.1, 0.15) is 0 Å². The molecule has 2 amide bonds. The van der Waals surface area contributed by atoms with Crippen molar-refractivity contribution in [2.45, 2.75) is 57.3 Å². The lowest BCUT2D eigenvalue weighted by atomic mass is 9.52. The molecule has 1 aromatic heterocycles. The summed E-state index contributed by atoms with van der Waals surface area (Å²) in [6, 6.07) is 24.8. The minimum absolute atomic E-state index is 0.00290. The highest BCUT2D eigenvalue weighted by molar-refractivity contribution is 7.14. The number of amides is 2. The average Bonchev–Trinajstić information content (AvgIpc) is 3.49. The number of anilines is 1. The Kier molecular flexibility index (Phi) is 6.74. The van der Waals surface area contributed by atoms with Crippen LogP contribution in [-0.4, -0.2) is 23.3 Å². The van der Waals surface area contributed by atoms with Crippen molar-refractivity contribution < 1.29 is 9.59 Å². The molecular weight excluding hydrogens is 526 g/mol. The zero-order valence-electron chi connectivity index (χ0n) is 23.4. The lowest BCUT2D eigenvalue weighted by Gasteiger charge is -2.50. The number of nitrogens with one attached hydrogen (secondary N) is 2. The van der Waals surface area contributed by atoms with Gasteiger partial charge in [-0.25, -0.2) is 4.98 Å². The van der Waals surface area contributed by atoms with Crippen LogP contribution in [0.25, 0.3) is 11.3 Å². The van der Waals surface area contributed by atoms with Gasteiger partial charge >= 0.3 is 0 Å². The van der Waals surface area contributed by atoms with Crippen molar-refractivity contribution in [1.82, 2.24) is 10.3 Å².